The van der Waals surface area contributed by atoms with Crippen molar-refractivity contribution in [2.75, 3.05) is 6.67 Å². The molecule has 0 bridgehead atoms. The van der Waals surface area contributed by atoms with Crippen LogP contribution in [0.25, 0.3) is 0 Å². The lowest BCUT2D eigenvalue weighted by Gasteiger charge is -2.16. The number of aliphatic carboxylic acids is 1. The smallest absolute Gasteiger partial charge is 0.321 e. The standard InChI is InChI=1S/C12H14FNO4/c13-6-9(10(14)11(15)16)12(17)18-7-8-4-2-1-3-5-8/h1-5,9-10H,6-7,14H2,(H,15,16). The van der Waals surface area contributed by atoms with Crippen molar-refractivity contribution in [3.05, 3.63) is 35.9 Å². The number of hydrogen-bond donors (Lipinski definition) is 2. The Hall–Kier alpha value is -1.95. The van der Waals surface area contributed by atoms with E-state index < -0.39 is 30.6 Å². The maximum Gasteiger partial charge on any atom is 0.321 e. The van der Waals surface area contributed by atoms with Gasteiger partial charge in [0, 0.05) is 0 Å². The summed E-state index contributed by atoms with van der Waals surface area (Å²) in [5, 5.41) is 8.62. The van der Waals surface area contributed by atoms with Crippen molar-refractivity contribution in [1.82, 2.24) is 0 Å². The number of nitrogens with two attached hydrogens (primary N) is 1. The highest BCUT2D eigenvalue weighted by Gasteiger charge is 2.32. The molecule has 0 saturated carbocycles. The fourth-order valence-electron chi connectivity index (χ4n) is 1.31. The van der Waals surface area contributed by atoms with Crippen molar-refractivity contribution in [2.45, 2.75) is 12.6 Å². The first kappa shape index (κ1) is 14.1. The van der Waals surface area contributed by atoms with Crippen molar-refractivity contribution >= 4 is 11.9 Å². The molecule has 0 radical (unpaired) electrons. The van der Waals surface area contributed by atoms with E-state index in [1.165, 1.54) is 0 Å². The van der Waals surface area contributed by atoms with Gasteiger partial charge in [-0.2, -0.15) is 0 Å². The van der Waals surface area contributed by atoms with Gasteiger partial charge < -0.3 is 15.6 Å². The molecule has 0 aliphatic heterocycles. The van der Waals surface area contributed by atoms with Crippen LogP contribution in [0.15, 0.2) is 30.3 Å². The van der Waals surface area contributed by atoms with Gasteiger partial charge >= 0.3 is 11.9 Å². The molecule has 5 nitrogen and oxygen atoms in total. The van der Waals surface area contributed by atoms with Gasteiger partial charge in [0.2, 0.25) is 0 Å². The third-order valence-corrected chi connectivity index (χ3v) is 2.41. The zero-order valence-electron chi connectivity index (χ0n) is 9.58. The SMILES string of the molecule is NC(C(=O)O)C(CF)C(=O)OCc1ccccc1. The molecule has 0 saturated heterocycles. The Kier molecular flexibility index (Phi) is 5.26. The molecule has 0 amide bonds. The van der Waals surface area contributed by atoms with Crippen LogP contribution in [0.3, 0.4) is 0 Å². The normalized spacial score (nSPS) is 13.7. The van der Waals surface area contributed by atoms with E-state index in [9.17, 15) is 14.0 Å². The third kappa shape index (κ3) is 3.81. The van der Waals surface area contributed by atoms with Gasteiger partial charge in [-0.1, -0.05) is 30.3 Å². The van der Waals surface area contributed by atoms with Gasteiger partial charge in [0.05, 0.1) is 0 Å². The van der Waals surface area contributed by atoms with E-state index in [0.717, 1.165) is 5.56 Å². The topological polar surface area (TPSA) is 89.6 Å². The van der Waals surface area contributed by atoms with E-state index in [4.69, 9.17) is 15.6 Å². The van der Waals surface area contributed by atoms with Crippen molar-refractivity contribution < 1.29 is 23.8 Å². The molecule has 0 aromatic heterocycles. The van der Waals surface area contributed by atoms with Crippen LogP contribution in [0.1, 0.15) is 5.56 Å². The number of esters is 1. The molecular formula is C12H14FNO4. The van der Waals surface area contributed by atoms with E-state index in [0.29, 0.717) is 0 Å². The molecule has 1 rings (SSSR count). The summed E-state index contributed by atoms with van der Waals surface area (Å²) >= 11 is 0. The molecule has 0 heterocycles. The van der Waals surface area contributed by atoms with Crippen LogP contribution < -0.4 is 5.73 Å². The maximum atomic E-state index is 12.6. The first-order chi connectivity index (χ1) is 8.56. The highest BCUT2D eigenvalue weighted by Crippen LogP contribution is 2.09. The summed E-state index contributed by atoms with van der Waals surface area (Å²) in [6.45, 7) is -1.20. The number of ether oxygens (including phenoxy) is 1. The Labute approximate surface area is 103 Å². The molecule has 98 valence electrons. The highest BCUT2D eigenvalue weighted by atomic mass is 19.1. The van der Waals surface area contributed by atoms with Gasteiger partial charge in [-0.05, 0) is 5.56 Å². The summed E-state index contributed by atoms with van der Waals surface area (Å²) in [7, 11) is 0. The second-order valence-corrected chi connectivity index (χ2v) is 3.72. The summed E-state index contributed by atoms with van der Waals surface area (Å²) in [6, 6.07) is 7.19. The molecule has 0 aliphatic carbocycles. The molecule has 0 fully saturated rings. The molecule has 1 aromatic rings. The summed E-state index contributed by atoms with van der Waals surface area (Å²) < 4.78 is 17.4. The number of carboxylic acid groups (broad SMARTS) is 1. The fourth-order valence-corrected chi connectivity index (χ4v) is 1.31. The molecule has 3 N–H and O–H groups in total. The van der Waals surface area contributed by atoms with E-state index in [1.807, 2.05) is 0 Å². The minimum absolute atomic E-state index is 0.0392. The molecule has 18 heavy (non-hydrogen) atoms. The zero-order valence-corrected chi connectivity index (χ0v) is 9.58. The molecule has 0 spiro atoms. The van der Waals surface area contributed by atoms with E-state index in [2.05, 4.69) is 0 Å². The number of alkyl halides is 1. The first-order valence-electron chi connectivity index (χ1n) is 5.31. The molecular weight excluding hydrogens is 241 g/mol. The van der Waals surface area contributed by atoms with Crippen molar-refractivity contribution in [1.29, 1.82) is 0 Å². The summed E-state index contributed by atoms with van der Waals surface area (Å²) in [6.07, 6.45) is 0. The predicted octanol–water partition coefficient (Wildman–Crippen LogP) is 0.727. The van der Waals surface area contributed by atoms with Gasteiger partial charge in [0.15, 0.2) is 0 Å². The number of carbonyl (C=O) groups excluding carboxylic acids is 1. The fraction of sp³-hybridized carbons (Fsp3) is 0.333. The average molecular weight is 255 g/mol. The third-order valence-electron chi connectivity index (χ3n) is 2.41. The van der Waals surface area contributed by atoms with Gasteiger partial charge in [0.25, 0.3) is 0 Å². The average Bonchev–Trinajstić information content (AvgIpc) is 2.38. The molecule has 6 heteroatoms. The minimum Gasteiger partial charge on any atom is -0.480 e. The monoisotopic (exact) mass is 255 g/mol. The van der Waals surface area contributed by atoms with Gasteiger partial charge in [0.1, 0.15) is 25.2 Å². The predicted molar refractivity (Wildman–Crippen MR) is 61.3 cm³/mol. The number of rotatable bonds is 6. The van der Waals surface area contributed by atoms with Crippen LogP contribution in [0, 0.1) is 5.92 Å². The number of carbonyl (C=O) groups is 2. The minimum atomic E-state index is -1.60. The molecule has 1 aromatic carbocycles. The maximum absolute atomic E-state index is 12.6. The van der Waals surface area contributed by atoms with Crippen LogP contribution in [0.2, 0.25) is 0 Å². The number of hydrogen-bond acceptors (Lipinski definition) is 4. The summed E-state index contributed by atoms with van der Waals surface area (Å²) in [5.41, 5.74) is 5.93. The first-order valence-corrected chi connectivity index (χ1v) is 5.31. The van der Waals surface area contributed by atoms with Crippen LogP contribution in [-0.4, -0.2) is 29.8 Å². The number of carboxylic acids is 1. The Morgan fingerprint density at radius 3 is 2.44 bits per heavy atom. The molecule has 2 atom stereocenters. The van der Waals surface area contributed by atoms with E-state index in [-0.39, 0.29) is 6.61 Å². The molecule has 2 unspecified atom stereocenters. The Bertz CT molecular complexity index is 410. The van der Waals surface area contributed by atoms with Crippen molar-refractivity contribution in [3.63, 3.8) is 0 Å². The van der Waals surface area contributed by atoms with E-state index >= 15 is 0 Å². The van der Waals surface area contributed by atoms with Gasteiger partial charge in [-0.3, -0.25) is 14.0 Å². The van der Waals surface area contributed by atoms with Gasteiger partial charge in [-0.25, -0.2) is 0 Å². The summed E-state index contributed by atoms with van der Waals surface area (Å²) in [5.74, 6) is -3.86. The second-order valence-electron chi connectivity index (χ2n) is 3.72. The van der Waals surface area contributed by atoms with Crippen LogP contribution in [0.4, 0.5) is 4.39 Å². The van der Waals surface area contributed by atoms with Crippen LogP contribution in [-0.2, 0) is 20.9 Å². The Balaban J connectivity index is 2.56. The lowest BCUT2D eigenvalue weighted by Crippen LogP contribution is -2.43. The number of halogens is 1. The zero-order chi connectivity index (χ0) is 13.5. The Morgan fingerprint density at radius 2 is 1.94 bits per heavy atom. The summed E-state index contributed by atoms with van der Waals surface area (Å²) in [4.78, 5) is 22.1. The van der Waals surface area contributed by atoms with Gasteiger partial charge in [-0.15, -0.1) is 0 Å². The number of benzene rings is 1. The molecule has 0 aliphatic rings. The largest absolute Gasteiger partial charge is 0.480 e. The van der Waals surface area contributed by atoms with Crippen LogP contribution in [0.5, 0.6) is 0 Å². The lowest BCUT2D eigenvalue weighted by atomic mass is 10.0. The van der Waals surface area contributed by atoms with Crippen LogP contribution >= 0.6 is 0 Å². The van der Waals surface area contributed by atoms with Crippen molar-refractivity contribution in [3.8, 4) is 0 Å². The highest BCUT2D eigenvalue weighted by molar-refractivity contribution is 5.83. The lowest BCUT2D eigenvalue weighted by molar-refractivity contribution is -0.156. The quantitative estimate of drug-likeness (QED) is 0.731. The second kappa shape index (κ2) is 6.70. The van der Waals surface area contributed by atoms with E-state index in [1.54, 1.807) is 30.3 Å². The Morgan fingerprint density at radius 1 is 1.33 bits per heavy atom. The van der Waals surface area contributed by atoms with Crippen molar-refractivity contribution in [2.24, 2.45) is 11.7 Å².